The molecule has 0 unspecified atom stereocenters. The molecule has 0 radical (unpaired) electrons. The first-order valence-electron chi connectivity index (χ1n) is 5.48. The van der Waals surface area contributed by atoms with E-state index in [1.165, 1.54) is 0 Å². The molecular formula is C12H11N3O2. The lowest BCUT2D eigenvalue weighted by atomic mass is 10.2. The fourth-order valence-electron chi connectivity index (χ4n) is 2.06. The fraction of sp³-hybridized carbons (Fsp3) is 0.250. The highest BCUT2D eigenvalue weighted by Crippen LogP contribution is 2.35. The third kappa shape index (κ3) is 1.43. The minimum Gasteiger partial charge on any atom is -0.477 e. The number of aromatic carboxylic acids is 1. The lowest BCUT2D eigenvalue weighted by Crippen LogP contribution is -2.01. The molecule has 0 fully saturated rings. The number of aliphatic imine (C=N–C) groups is 1. The van der Waals surface area contributed by atoms with Gasteiger partial charge in [-0.2, -0.15) is 0 Å². The molecule has 0 bridgehead atoms. The van der Waals surface area contributed by atoms with Crippen LogP contribution in [0.4, 0.5) is 5.82 Å². The second-order valence-electron chi connectivity index (χ2n) is 4.04. The van der Waals surface area contributed by atoms with E-state index in [2.05, 4.69) is 16.9 Å². The molecule has 17 heavy (non-hydrogen) atoms. The van der Waals surface area contributed by atoms with Crippen molar-refractivity contribution in [3.63, 3.8) is 0 Å². The Morgan fingerprint density at radius 2 is 2.41 bits per heavy atom. The Balaban J connectivity index is 2.21. The van der Waals surface area contributed by atoms with Gasteiger partial charge in [-0.25, -0.2) is 14.8 Å². The van der Waals surface area contributed by atoms with Gasteiger partial charge < -0.3 is 9.67 Å². The lowest BCUT2D eigenvalue weighted by Gasteiger charge is -2.05. The number of hydrogen-bond donors (Lipinski definition) is 1. The predicted octanol–water partition coefficient (Wildman–Crippen LogP) is 2.18. The zero-order valence-electron chi connectivity index (χ0n) is 9.34. The van der Waals surface area contributed by atoms with Gasteiger partial charge in [-0.15, -0.1) is 0 Å². The molecule has 0 spiro atoms. The number of rotatable bonds is 2. The predicted molar refractivity (Wildman–Crippen MR) is 63.2 cm³/mol. The van der Waals surface area contributed by atoms with Gasteiger partial charge >= 0.3 is 5.97 Å². The van der Waals surface area contributed by atoms with E-state index in [-0.39, 0.29) is 5.69 Å². The summed E-state index contributed by atoms with van der Waals surface area (Å²) in [6.45, 7) is 2.85. The van der Waals surface area contributed by atoms with Gasteiger partial charge in [0.2, 0.25) is 0 Å². The van der Waals surface area contributed by atoms with Crippen LogP contribution in [0, 0.1) is 0 Å². The molecule has 0 aliphatic carbocycles. The smallest absolute Gasteiger partial charge is 0.354 e. The average Bonchev–Trinajstić information content (AvgIpc) is 2.91. The first kappa shape index (κ1) is 10.0. The zero-order valence-corrected chi connectivity index (χ0v) is 9.34. The summed E-state index contributed by atoms with van der Waals surface area (Å²) in [6, 6.07) is 3.42. The van der Waals surface area contributed by atoms with Crippen LogP contribution < -0.4 is 0 Å². The Kier molecular flexibility index (Phi) is 2.01. The van der Waals surface area contributed by atoms with E-state index in [1.54, 1.807) is 6.07 Å². The normalized spacial score (nSPS) is 13.8. The third-order valence-electron chi connectivity index (χ3n) is 2.97. The maximum absolute atomic E-state index is 10.9. The topological polar surface area (TPSA) is 67.5 Å². The summed E-state index contributed by atoms with van der Waals surface area (Å²) >= 11 is 0. The molecule has 1 N–H and O–H groups in total. The summed E-state index contributed by atoms with van der Waals surface area (Å²) in [4.78, 5) is 19.5. The van der Waals surface area contributed by atoms with Gasteiger partial charge in [0.1, 0.15) is 11.5 Å². The molecule has 0 atom stereocenters. The van der Waals surface area contributed by atoms with Crippen molar-refractivity contribution < 1.29 is 9.90 Å². The molecule has 0 aromatic carbocycles. The maximum atomic E-state index is 10.9. The molecule has 5 heteroatoms. The van der Waals surface area contributed by atoms with Gasteiger partial charge in [-0.3, -0.25) is 0 Å². The third-order valence-corrected chi connectivity index (χ3v) is 2.97. The largest absolute Gasteiger partial charge is 0.477 e. The van der Waals surface area contributed by atoms with Crippen LogP contribution in [0.5, 0.6) is 0 Å². The summed E-state index contributed by atoms with van der Waals surface area (Å²) in [5, 5.41) is 8.93. The van der Waals surface area contributed by atoms with Crippen molar-refractivity contribution in [3.8, 4) is 11.3 Å². The number of nitrogens with zero attached hydrogens (tertiary/aromatic N) is 3. The van der Waals surface area contributed by atoms with Crippen molar-refractivity contribution in [2.24, 2.45) is 4.99 Å². The van der Waals surface area contributed by atoms with Crippen molar-refractivity contribution in [2.45, 2.75) is 19.9 Å². The van der Waals surface area contributed by atoms with Crippen LogP contribution in [-0.2, 0) is 6.54 Å². The Labute approximate surface area is 97.8 Å². The number of fused-ring (bicyclic) bond motifs is 3. The number of carbonyl (C=O) groups is 1. The average molecular weight is 229 g/mol. The monoisotopic (exact) mass is 229 g/mol. The Morgan fingerprint density at radius 3 is 3.12 bits per heavy atom. The number of aromatic nitrogens is 2. The van der Waals surface area contributed by atoms with Gasteiger partial charge in [0.05, 0.1) is 12.2 Å². The van der Waals surface area contributed by atoms with Crippen molar-refractivity contribution in [1.29, 1.82) is 0 Å². The standard InChI is InChI=1S/C12H11N3O2/c1-2-7-6-15-4-3-9-8(11(15)13-7)5-10(14-9)12(16)17/h3-5H,2,6H2,1H3,(H,16,17). The van der Waals surface area contributed by atoms with E-state index in [0.717, 1.165) is 30.1 Å². The minimum atomic E-state index is -1.00. The second kappa shape index (κ2) is 3.41. The summed E-state index contributed by atoms with van der Waals surface area (Å²) < 4.78 is 2.02. The van der Waals surface area contributed by atoms with Crippen molar-refractivity contribution >= 4 is 17.5 Å². The highest BCUT2D eigenvalue weighted by Gasteiger charge is 2.22. The number of pyridine rings is 1. The quantitative estimate of drug-likeness (QED) is 0.858. The van der Waals surface area contributed by atoms with Crippen molar-refractivity contribution in [1.82, 2.24) is 9.55 Å². The molecule has 3 heterocycles. The summed E-state index contributed by atoms with van der Waals surface area (Å²) in [5.41, 5.74) is 2.69. The molecule has 0 saturated heterocycles. The molecular weight excluding hydrogens is 218 g/mol. The van der Waals surface area contributed by atoms with E-state index in [1.807, 2.05) is 16.8 Å². The second-order valence-corrected chi connectivity index (χ2v) is 4.04. The molecule has 0 aromatic heterocycles. The molecule has 0 aromatic rings. The van der Waals surface area contributed by atoms with Gasteiger partial charge in [0.15, 0.2) is 0 Å². The van der Waals surface area contributed by atoms with Crippen molar-refractivity contribution in [3.05, 3.63) is 24.0 Å². The summed E-state index contributed by atoms with van der Waals surface area (Å²) in [5.74, 6) is -0.183. The molecule has 86 valence electrons. The highest BCUT2D eigenvalue weighted by molar-refractivity contribution is 5.95. The van der Waals surface area contributed by atoms with Crippen LogP contribution in [-0.4, -0.2) is 26.3 Å². The van der Waals surface area contributed by atoms with E-state index >= 15 is 0 Å². The SMILES string of the molecule is CCC1=Nc2c3cc(C(=O)O)nc-3ccn2C1. The summed E-state index contributed by atoms with van der Waals surface area (Å²) in [7, 11) is 0. The van der Waals surface area contributed by atoms with Crippen LogP contribution >= 0.6 is 0 Å². The Bertz CT molecular complexity index is 613. The van der Waals surface area contributed by atoms with Gasteiger partial charge in [0, 0.05) is 17.5 Å². The Hall–Kier alpha value is -2.17. The lowest BCUT2D eigenvalue weighted by molar-refractivity contribution is 0.0691. The van der Waals surface area contributed by atoms with E-state index in [0.29, 0.717) is 5.69 Å². The van der Waals surface area contributed by atoms with Gasteiger partial charge in [0.25, 0.3) is 0 Å². The molecule has 5 nitrogen and oxygen atoms in total. The number of carboxylic acids is 1. The first-order valence-corrected chi connectivity index (χ1v) is 5.48. The first-order chi connectivity index (χ1) is 8.19. The summed E-state index contributed by atoms with van der Waals surface area (Å²) in [6.07, 6.45) is 2.81. The minimum absolute atomic E-state index is 0.0779. The molecule has 3 rings (SSSR count). The van der Waals surface area contributed by atoms with Crippen molar-refractivity contribution in [2.75, 3.05) is 0 Å². The van der Waals surface area contributed by atoms with E-state index in [4.69, 9.17) is 5.11 Å². The van der Waals surface area contributed by atoms with Crippen LogP contribution in [0.1, 0.15) is 23.8 Å². The highest BCUT2D eigenvalue weighted by atomic mass is 16.4. The maximum Gasteiger partial charge on any atom is 0.354 e. The van der Waals surface area contributed by atoms with Crippen LogP contribution in [0.15, 0.2) is 23.3 Å². The number of carboxylic acid groups (broad SMARTS) is 1. The number of hydrogen-bond acceptors (Lipinski definition) is 3. The Morgan fingerprint density at radius 1 is 1.59 bits per heavy atom. The van der Waals surface area contributed by atoms with Crippen LogP contribution in [0.2, 0.25) is 0 Å². The van der Waals surface area contributed by atoms with E-state index < -0.39 is 5.97 Å². The van der Waals surface area contributed by atoms with E-state index in [9.17, 15) is 4.79 Å². The molecule has 3 aliphatic rings. The van der Waals surface area contributed by atoms with Gasteiger partial charge in [-0.1, -0.05) is 6.92 Å². The molecule has 0 saturated carbocycles. The fourth-order valence-corrected chi connectivity index (χ4v) is 2.06. The zero-order chi connectivity index (χ0) is 12.0. The molecule has 3 aliphatic heterocycles. The molecule has 0 amide bonds. The van der Waals surface area contributed by atoms with Crippen LogP contribution in [0.25, 0.3) is 11.3 Å². The van der Waals surface area contributed by atoms with Gasteiger partial charge in [-0.05, 0) is 18.6 Å². The van der Waals surface area contributed by atoms with Crippen LogP contribution in [0.3, 0.4) is 0 Å².